The van der Waals surface area contributed by atoms with E-state index >= 15 is 0 Å². The molecule has 17 heavy (non-hydrogen) atoms. The molecule has 0 aliphatic carbocycles. The van der Waals surface area contributed by atoms with E-state index < -0.39 is 0 Å². The van der Waals surface area contributed by atoms with Crippen LogP contribution in [0.1, 0.15) is 34.1 Å². The molecule has 102 valence electrons. The molecule has 0 aromatic rings. The number of nitrogens with zero attached hydrogens (tertiary/aromatic N) is 1. The van der Waals surface area contributed by atoms with E-state index in [0.29, 0.717) is 4.75 Å². The Morgan fingerprint density at radius 2 is 1.88 bits per heavy atom. The second-order valence-corrected chi connectivity index (χ2v) is 6.82. The minimum Gasteiger partial charge on any atom is -0.353 e. The highest BCUT2D eigenvalue weighted by Gasteiger charge is 2.27. The summed E-state index contributed by atoms with van der Waals surface area (Å²) in [5.41, 5.74) is 0. The zero-order valence-corrected chi connectivity index (χ0v) is 12.5. The summed E-state index contributed by atoms with van der Waals surface area (Å²) in [5, 5.41) is 0. The lowest BCUT2D eigenvalue weighted by Gasteiger charge is -2.38. The molecular formula is C13H27NO2S. The second kappa shape index (κ2) is 7.62. The normalized spacial score (nSPS) is 21.0. The quantitative estimate of drug-likeness (QED) is 0.657. The molecule has 0 aromatic heterocycles. The number of hydrogen-bond acceptors (Lipinski definition) is 4. The summed E-state index contributed by atoms with van der Waals surface area (Å²) in [6.07, 6.45) is 0.949. The van der Waals surface area contributed by atoms with E-state index in [9.17, 15) is 0 Å². The lowest BCUT2D eigenvalue weighted by Crippen LogP contribution is -2.44. The third kappa shape index (κ3) is 6.09. The number of hydrogen-bond donors (Lipinski definition) is 0. The zero-order valence-electron chi connectivity index (χ0n) is 11.7. The summed E-state index contributed by atoms with van der Waals surface area (Å²) in [7, 11) is 0. The Morgan fingerprint density at radius 1 is 1.24 bits per heavy atom. The van der Waals surface area contributed by atoms with Crippen LogP contribution < -0.4 is 0 Å². The van der Waals surface area contributed by atoms with E-state index in [1.165, 1.54) is 18.8 Å². The first-order valence-corrected chi connectivity index (χ1v) is 7.65. The first-order valence-electron chi connectivity index (χ1n) is 6.67. The van der Waals surface area contributed by atoms with E-state index in [2.05, 4.69) is 30.5 Å². The lowest BCUT2D eigenvalue weighted by atomic mass is 10.2. The maximum absolute atomic E-state index is 5.57. The fourth-order valence-electron chi connectivity index (χ4n) is 2.18. The summed E-state index contributed by atoms with van der Waals surface area (Å²) in [6, 6.07) is 0. The summed E-state index contributed by atoms with van der Waals surface area (Å²) in [4.78, 5) is 2.53. The number of ether oxygens (including phenoxy) is 2. The van der Waals surface area contributed by atoms with Gasteiger partial charge in [0.2, 0.25) is 0 Å². The third-order valence-corrected chi connectivity index (χ3v) is 4.19. The molecule has 1 saturated heterocycles. The molecule has 0 N–H and O–H groups in total. The van der Waals surface area contributed by atoms with Crippen molar-refractivity contribution in [3.8, 4) is 0 Å². The van der Waals surface area contributed by atoms with Crippen LogP contribution in [0.2, 0.25) is 0 Å². The zero-order chi connectivity index (χ0) is 12.7. The molecule has 4 heteroatoms. The van der Waals surface area contributed by atoms with Crippen molar-refractivity contribution in [1.29, 1.82) is 0 Å². The minimum absolute atomic E-state index is 0.0253. The lowest BCUT2D eigenvalue weighted by molar-refractivity contribution is -0.141. The Kier molecular flexibility index (Phi) is 6.85. The van der Waals surface area contributed by atoms with Gasteiger partial charge in [-0.15, -0.1) is 0 Å². The van der Waals surface area contributed by atoms with E-state index in [-0.39, 0.29) is 6.29 Å². The molecule has 0 atom stereocenters. The van der Waals surface area contributed by atoms with Gasteiger partial charge in [0.1, 0.15) is 0 Å². The van der Waals surface area contributed by atoms with Gasteiger partial charge in [0.15, 0.2) is 6.29 Å². The maximum Gasteiger partial charge on any atom is 0.158 e. The van der Waals surface area contributed by atoms with Gasteiger partial charge >= 0.3 is 0 Å². The van der Waals surface area contributed by atoms with Crippen LogP contribution in [-0.2, 0) is 9.47 Å². The monoisotopic (exact) mass is 261 g/mol. The highest BCUT2D eigenvalue weighted by molar-refractivity contribution is 8.00. The van der Waals surface area contributed by atoms with Crippen LogP contribution in [0.3, 0.4) is 0 Å². The van der Waals surface area contributed by atoms with Crippen molar-refractivity contribution in [2.75, 3.05) is 38.6 Å². The molecule has 1 rings (SSSR count). The average Bonchev–Trinajstić information content (AvgIpc) is 2.25. The van der Waals surface area contributed by atoms with Crippen molar-refractivity contribution in [3.63, 3.8) is 0 Å². The highest BCUT2D eigenvalue weighted by atomic mass is 32.2. The van der Waals surface area contributed by atoms with E-state index in [0.717, 1.165) is 26.2 Å². The molecule has 0 amide bonds. The van der Waals surface area contributed by atoms with Crippen LogP contribution in [0.4, 0.5) is 0 Å². The minimum atomic E-state index is -0.0253. The van der Waals surface area contributed by atoms with Gasteiger partial charge in [-0.1, -0.05) is 0 Å². The average molecular weight is 261 g/mol. The van der Waals surface area contributed by atoms with Crippen molar-refractivity contribution in [3.05, 3.63) is 0 Å². The molecule has 0 unspecified atom stereocenters. The van der Waals surface area contributed by atoms with Crippen LogP contribution in [-0.4, -0.2) is 54.5 Å². The van der Waals surface area contributed by atoms with Gasteiger partial charge in [0.25, 0.3) is 0 Å². The van der Waals surface area contributed by atoms with Crippen molar-refractivity contribution in [1.82, 2.24) is 4.90 Å². The Labute approximate surface area is 110 Å². The fraction of sp³-hybridized carbons (Fsp3) is 1.00. The van der Waals surface area contributed by atoms with Gasteiger partial charge in [-0.3, -0.25) is 0 Å². The topological polar surface area (TPSA) is 21.7 Å². The van der Waals surface area contributed by atoms with Crippen molar-refractivity contribution >= 4 is 11.8 Å². The fourth-order valence-corrected chi connectivity index (χ4v) is 3.36. The Morgan fingerprint density at radius 3 is 2.41 bits per heavy atom. The summed E-state index contributed by atoms with van der Waals surface area (Å²) >= 11 is 2.07. The molecular weight excluding hydrogens is 234 g/mol. The highest BCUT2D eigenvalue weighted by Crippen LogP contribution is 2.29. The summed E-state index contributed by atoms with van der Waals surface area (Å²) in [5.74, 6) is 1.24. The first kappa shape index (κ1) is 15.3. The van der Waals surface area contributed by atoms with Crippen LogP contribution in [0.25, 0.3) is 0 Å². The molecule has 0 bridgehead atoms. The smallest absolute Gasteiger partial charge is 0.158 e. The van der Waals surface area contributed by atoms with Crippen LogP contribution >= 0.6 is 11.8 Å². The first-order chi connectivity index (χ1) is 8.07. The molecule has 1 aliphatic rings. The second-order valence-electron chi connectivity index (χ2n) is 5.01. The predicted molar refractivity (Wildman–Crippen MR) is 74.6 cm³/mol. The molecule has 1 heterocycles. The Hall–Kier alpha value is 0.230. The molecule has 0 aromatic carbocycles. The molecule has 3 nitrogen and oxygen atoms in total. The van der Waals surface area contributed by atoms with Crippen molar-refractivity contribution < 1.29 is 9.47 Å². The molecule has 0 saturated carbocycles. The van der Waals surface area contributed by atoms with Gasteiger partial charge in [-0.25, -0.2) is 0 Å². The largest absolute Gasteiger partial charge is 0.353 e. The molecule has 0 radical (unpaired) electrons. The van der Waals surface area contributed by atoms with Crippen LogP contribution in [0.5, 0.6) is 0 Å². The van der Waals surface area contributed by atoms with Gasteiger partial charge < -0.3 is 14.4 Å². The van der Waals surface area contributed by atoms with Crippen molar-refractivity contribution in [2.24, 2.45) is 0 Å². The predicted octanol–water partition coefficient (Wildman–Crippen LogP) is 2.60. The summed E-state index contributed by atoms with van der Waals surface area (Å²) < 4.78 is 11.5. The van der Waals surface area contributed by atoms with E-state index in [1.54, 1.807) is 0 Å². The molecule has 1 aliphatic heterocycles. The standard InChI is InChI=1S/C13H27NO2S/c1-5-15-12(16-6-2)7-8-14-9-10-17-13(3,4)11-14/h12H,5-11H2,1-4H3. The number of rotatable bonds is 7. The van der Waals surface area contributed by atoms with Crippen LogP contribution in [0, 0.1) is 0 Å². The molecule has 1 fully saturated rings. The maximum atomic E-state index is 5.57. The SMILES string of the molecule is CCOC(CCN1CCSC(C)(C)C1)OCC. The molecule has 0 spiro atoms. The number of thioether (sulfide) groups is 1. The van der Waals surface area contributed by atoms with E-state index in [4.69, 9.17) is 9.47 Å². The van der Waals surface area contributed by atoms with Gasteiger partial charge in [0, 0.05) is 49.8 Å². The van der Waals surface area contributed by atoms with Crippen LogP contribution in [0.15, 0.2) is 0 Å². The van der Waals surface area contributed by atoms with Crippen molar-refractivity contribution in [2.45, 2.75) is 45.2 Å². The van der Waals surface area contributed by atoms with E-state index in [1.807, 2.05) is 13.8 Å². The van der Waals surface area contributed by atoms with Gasteiger partial charge in [-0.05, 0) is 27.7 Å². The Balaban J connectivity index is 2.27. The Bertz CT molecular complexity index is 206. The summed E-state index contributed by atoms with van der Waals surface area (Å²) in [6.45, 7) is 13.6. The third-order valence-electron chi connectivity index (χ3n) is 2.89. The van der Waals surface area contributed by atoms with Gasteiger partial charge in [0.05, 0.1) is 0 Å². The van der Waals surface area contributed by atoms with Gasteiger partial charge in [-0.2, -0.15) is 11.8 Å².